The Morgan fingerprint density at radius 1 is 1.33 bits per heavy atom. The SMILES string of the molecule is CC1(C)CN(C(=O)C2(c3ccccc3)CC2)CC(CN)O1. The molecule has 2 fully saturated rings. The van der Waals surface area contributed by atoms with Gasteiger partial charge in [0.15, 0.2) is 0 Å². The second kappa shape index (κ2) is 5.11. The molecule has 0 aromatic heterocycles. The Morgan fingerprint density at radius 3 is 2.57 bits per heavy atom. The van der Waals surface area contributed by atoms with E-state index in [1.165, 1.54) is 0 Å². The second-order valence-electron chi connectivity index (χ2n) is 6.87. The van der Waals surface area contributed by atoms with Crippen molar-refractivity contribution in [2.75, 3.05) is 19.6 Å². The minimum absolute atomic E-state index is 0.0655. The van der Waals surface area contributed by atoms with Gasteiger partial charge in [-0.1, -0.05) is 30.3 Å². The molecule has 4 nitrogen and oxygen atoms in total. The summed E-state index contributed by atoms with van der Waals surface area (Å²) >= 11 is 0. The maximum Gasteiger partial charge on any atom is 0.233 e. The van der Waals surface area contributed by atoms with Crippen molar-refractivity contribution in [3.8, 4) is 0 Å². The van der Waals surface area contributed by atoms with E-state index in [-0.39, 0.29) is 23.0 Å². The molecule has 1 saturated heterocycles. The molecule has 2 aliphatic rings. The average Bonchev–Trinajstić information content (AvgIpc) is 3.27. The molecular weight excluding hydrogens is 264 g/mol. The maximum atomic E-state index is 13.1. The smallest absolute Gasteiger partial charge is 0.233 e. The Labute approximate surface area is 126 Å². The number of carbonyl (C=O) groups is 1. The van der Waals surface area contributed by atoms with E-state index in [4.69, 9.17) is 10.5 Å². The van der Waals surface area contributed by atoms with E-state index in [1.54, 1.807) is 0 Å². The number of rotatable bonds is 3. The van der Waals surface area contributed by atoms with Gasteiger partial charge in [-0.3, -0.25) is 4.79 Å². The minimum atomic E-state index is -0.329. The molecule has 0 bridgehead atoms. The highest BCUT2D eigenvalue weighted by Gasteiger charge is 2.54. The van der Waals surface area contributed by atoms with E-state index in [1.807, 2.05) is 36.9 Å². The van der Waals surface area contributed by atoms with Gasteiger partial charge in [0.1, 0.15) is 0 Å². The van der Waals surface area contributed by atoms with Crippen LogP contribution in [0.15, 0.2) is 30.3 Å². The molecule has 0 spiro atoms. The van der Waals surface area contributed by atoms with Crippen molar-refractivity contribution in [1.82, 2.24) is 4.90 Å². The van der Waals surface area contributed by atoms with Crippen LogP contribution in [0.1, 0.15) is 32.3 Å². The van der Waals surface area contributed by atoms with Gasteiger partial charge in [-0.2, -0.15) is 0 Å². The summed E-state index contributed by atoms with van der Waals surface area (Å²) in [7, 11) is 0. The van der Waals surface area contributed by atoms with E-state index >= 15 is 0 Å². The molecule has 1 amide bonds. The molecular formula is C17H24N2O2. The Kier molecular flexibility index (Phi) is 3.54. The molecule has 3 rings (SSSR count). The van der Waals surface area contributed by atoms with Crippen LogP contribution in [-0.2, 0) is 14.9 Å². The number of amides is 1. The summed E-state index contributed by atoms with van der Waals surface area (Å²) in [6.45, 7) is 5.74. The average molecular weight is 288 g/mol. The van der Waals surface area contributed by atoms with Gasteiger partial charge in [0, 0.05) is 19.6 Å². The van der Waals surface area contributed by atoms with Crippen LogP contribution in [-0.4, -0.2) is 42.1 Å². The Bertz CT molecular complexity index is 523. The maximum absolute atomic E-state index is 13.1. The lowest BCUT2D eigenvalue weighted by Gasteiger charge is -2.43. The molecule has 1 saturated carbocycles. The summed E-state index contributed by atoms with van der Waals surface area (Å²) in [5.74, 6) is 0.239. The molecule has 4 heteroatoms. The Morgan fingerprint density at radius 2 is 2.00 bits per heavy atom. The normalized spacial score (nSPS) is 26.4. The molecule has 1 aliphatic heterocycles. The highest BCUT2D eigenvalue weighted by Crippen LogP contribution is 2.50. The number of benzene rings is 1. The third-order valence-corrected chi connectivity index (χ3v) is 4.52. The lowest BCUT2D eigenvalue weighted by molar-refractivity contribution is -0.161. The lowest BCUT2D eigenvalue weighted by atomic mass is 9.93. The fourth-order valence-corrected chi connectivity index (χ4v) is 3.38. The van der Waals surface area contributed by atoms with E-state index in [2.05, 4.69) is 12.1 Å². The lowest BCUT2D eigenvalue weighted by Crippen LogP contribution is -2.58. The summed E-state index contributed by atoms with van der Waals surface area (Å²) in [5, 5.41) is 0. The Hall–Kier alpha value is -1.39. The van der Waals surface area contributed by atoms with Crippen LogP contribution in [0.4, 0.5) is 0 Å². The fraction of sp³-hybridized carbons (Fsp3) is 0.588. The number of nitrogens with two attached hydrogens (primary N) is 1. The van der Waals surface area contributed by atoms with E-state index in [0.29, 0.717) is 19.6 Å². The molecule has 21 heavy (non-hydrogen) atoms. The monoisotopic (exact) mass is 288 g/mol. The van der Waals surface area contributed by atoms with Gasteiger partial charge in [-0.15, -0.1) is 0 Å². The highest BCUT2D eigenvalue weighted by atomic mass is 16.5. The van der Waals surface area contributed by atoms with Crippen LogP contribution in [0.2, 0.25) is 0 Å². The van der Waals surface area contributed by atoms with Crippen molar-refractivity contribution < 1.29 is 9.53 Å². The predicted octanol–water partition coefficient (Wildman–Crippen LogP) is 1.68. The van der Waals surface area contributed by atoms with Crippen LogP contribution < -0.4 is 5.73 Å². The van der Waals surface area contributed by atoms with Gasteiger partial charge >= 0.3 is 0 Å². The largest absolute Gasteiger partial charge is 0.367 e. The summed E-state index contributed by atoms with van der Waals surface area (Å²) in [5.41, 5.74) is 6.28. The van der Waals surface area contributed by atoms with Crippen molar-refractivity contribution in [2.24, 2.45) is 5.73 Å². The first-order valence-corrected chi connectivity index (χ1v) is 7.70. The Balaban J connectivity index is 1.82. The van der Waals surface area contributed by atoms with E-state index < -0.39 is 0 Å². The zero-order valence-electron chi connectivity index (χ0n) is 12.8. The quantitative estimate of drug-likeness (QED) is 0.920. The van der Waals surface area contributed by atoms with Crippen molar-refractivity contribution in [2.45, 2.75) is 43.8 Å². The zero-order valence-corrected chi connectivity index (χ0v) is 12.8. The van der Waals surface area contributed by atoms with Crippen molar-refractivity contribution in [1.29, 1.82) is 0 Å². The number of ether oxygens (including phenoxy) is 1. The molecule has 1 unspecified atom stereocenters. The van der Waals surface area contributed by atoms with Gasteiger partial charge in [0.25, 0.3) is 0 Å². The van der Waals surface area contributed by atoms with Crippen LogP contribution in [0.3, 0.4) is 0 Å². The summed E-state index contributed by atoms with van der Waals surface area (Å²) in [6.07, 6.45) is 1.83. The molecule has 2 N–H and O–H groups in total. The fourth-order valence-electron chi connectivity index (χ4n) is 3.38. The molecule has 114 valence electrons. The van der Waals surface area contributed by atoms with E-state index in [9.17, 15) is 4.79 Å². The number of carbonyl (C=O) groups excluding carboxylic acids is 1. The predicted molar refractivity (Wildman–Crippen MR) is 81.9 cm³/mol. The minimum Gasteiger partial charge on any atom is -0.367 e. The molecule has 1 aromatic rings. The van der Waals surface area contributed by atoms with Gasteiger partial charge in [0.2, 0.25) is 5.91 Å². The van der Waals surface area contributed by atoms with Crippen LogP contribution >= 0.6 is 0 Å². The summed E-state index contributed by atoms with van der Waals surface area (Å²) < 4.78 is 5.92. The molecule has 1 aromatic carbocycles. The zero-order chi connectivity index (χ0) is 15.1. The number of nitrogens with zero attached hydrogens (tertiary/aromatic N) is 1. The number of morpholine rings is 1. The van der Waals surface area contributed by atoms with Crippen molar-refractivity contribution >= 4 is 5.91 Å². The second-order valence-corrected chi connectivity index (χ2v) is 6.87. The van der Waals surface area contributed by atoms with Gasteiger partial charge in [-0.25, -0.2) is 0 Å². The summed E-state index contributed by atoms with van der Waals surface area (Å²) in [4.78, 5) is 15.0. The van der Waals surface area contributed by atoms with Gasteiger partial charge in [-0.05, 0) is 32.3 Å². The first-order chi connectivity index (χ1) is 9.97. The van der Waals surface area contributed by atoms with Crippen molar-refractivity contribution in [3.63, 3.8) is 0 Å². The third-order valence-electron chi connectivity index (χ3n) is 4.52. The van der Waals surface area contributed by atoms with Crippen LogP contribution in [0.25, 0.3) is 0 Å². The van der Waals surface area contributed by atoms with Gasteiger partial charge in [0.05, 0.1) is 17.1 Å². The van der Waals surface area contributed by atoms with E-state index in [0.717, 1.165) is 18.4 Å². The van der Waals surface area contributed by atoms with Crippen molar-refractivity contribution in [3.05, 3.63) is 35.9 Å². The van der Waals surface area contributed by atoms with Crippen LogP contribution in [0, 0.1) is 0 Å². The first kappa shape index (κ1) is 14.5. The molecule has 1 heterocycles. The third kappa shape index (κ3) is 2.70. The van der Waals surface area contributed by atoms with Gasteiger partial charge < -0.3 is 15.4 Å². The molecule has 1 aliphatic carbocycles. The first-order valence-electron chi connectivity index (χ1n) is 7.70. The highest BCUT2D eigenvalue weighted by molar-refractivity contribution is 5.91. The number of hydrogen-bond acceptors (Lipinski definition) is 3. The standard InChI is InChI=1S/C17H24N2O2/c1-16(2)12-19(11-14(10-18)21-16)15(20)17(8-9-17)13-6-4-3-5-7-13/h3-7,14H,8-12,18H2,1-2H3. The summed E-state index contributed by atoms with van der Waals surface area (Å²) in [6, 6.07) is 10.1. The molecule has 0 radical (unpaired) electrons. The van der Waals surface area contributed by atoms with Crippen LogP contribution in [0.5, 0.6) is 0 Å². The number of hydrogen-bond donors (Lipinski definition) is 1. The molecule has 1 atom stereocenters. The topological polar surface area (TPSA) is 55.6 Å².